The largest absolute Gasteiger partial charge is 0.482 e. The number of likely N-dealkylation sites (N-methyl/N-ethyl adjacent to an activating group) is 1. The summed E-state index contributed by atoms with van der Waals surface area (Å²) >= 11 is 6.02. The smallest absolute Gasteiger partial charge is 0.422 e. The van der Waals surface area contributed by atoms with E-state index in [1.165, 1.54) is 48.2 Å². The molecule has 3 aromatic carbocycles. The highest BCUT2D eigenvalue weighted by Gasteiger charge is 2.59. The molecule has 2 N–H and O–H groups in total. The van der Waals surface area contributed by atoms with Crippen molar-refractivity contribution in [2.24, 2.45) is 0 Å². The third-order valence-corrected chi connectivity index (χ3v) is 7.12. The number of aromatic carboxylic acids is 1. The molecule has 2 atom stereocenters. The highest BCUT2D eigenvalue weighted by molar-refractivity contribution is 6.33. The van der Waals surface area contributed by atoms with Gasteiger partial charge >= 0.3 is 12.1 Å². The fraction of sp³-hybridized carbons (Fsp3) is 0.259. The van der Waals surface area contributed by atoms with E-state index in [1.54, 1.807) is 6.92 Å². The van der Waals surface area contributed by atoms with Crippen LogP contribution in [-0.2, 0) is 10.4 Å². The Morgan fingerprint density at radius 1 is 1.13 bits per heavy atom. The molecular formula is C27H22ClF4NO5. The van der Waals surface area contributed by atoms with Crippen molar-refractivity contribution in [3.8, 4) is 16.9 Å². The molecule has 0 saturated carbocycles. The summed E-state index contributed by atoms with van der Waals surface area (Å²) in [7, 11) is 0. The zero-order chi connectivity index (χ0) is 28.0. The van der Waals surface area contributed by atoms with Crippen LogP contribution >= 0.6 is 11.6 Å². The number of hydrogen-bond acceptors (Lipinski definition) is 4. The van der Waals surface area contributed by atoms with Gasteiger partial charge in [-0.25, -0.2) is 9.18 Å². The third-order valence-electron chi connectivity index (χ3n) is 6.75. The van der Waals surface area contributed by atoms with Crippen molar-refractivity contribution in [1.82, 2.24) is 0 Å². The molecule has 6 nitrogen and oxygen atoms in total. The number of carbonyl (C=O) groups excluding carboxylic acids is 1. The molecule has 2 unspecified atom stereocenters. The highest BCUT2D eigenvalue weighted by atomic mass is 35.5. The number of ether oxygens (including phenoxy) is 1. The lowest BCUT2D eigenvalue weighted by Crippen LogP contribution is -2.47. The number of carboxylic acids is 1. The van der Waals surface area contributed by atoms with Gasteiger partial charge in [-0.15, -0.1) is 0 Å². The van der Waals surface area contributed by atoms with Crippen molar-refractivity contribution in [1.29, 1.82) is 0 Å². The number of carbonyl (C=O) groups is 2. The van der Waals surface area contributed by atoms with Crippen molar-refractivity contribution in [3.63, 3.8) is 0 Å². The first kappa shape index (κ1) is 27.4. The van der Waals surface area contributed by atoms with E-state index in [9.17, 15) is 32.3 Å². The second-order valence-corrected chi connectivity index (χ2v) is 9.19. The van der Waals surface area contributed by atoms with E-state index in [1.807, 2.05) is 0 Å². The van der Waals surface area contributed by atoms with E-state index in [4.69, 9.17) is 21.4 Å². The monoisotopic (exact) mass is 551 g/mol. The Hall–Kier alpha value is -3.63. The van der Waals surface area contributed by atoms with Gasteiger partial charge in [0.2, 0.25) is 0 Å². The van der Waals surface area contributed by atoms with Crippen molar-refractivity contribution >= 4 is 29.2 Å². The summed E-state index contributed by atoms with van der Waals surface area (Å²) in [6.45, 7) is 2.86. The van der Waals surface area contributed by atoms with Gasteiger partial charge in [-0.3, -0.25) is 4.79 Å². The van der Waals surface area contributed by atoms with Gasteiger partial charge in [-0.2, -0.15) is 13.2 Å². The van der Waals surface area contributed by atoms with Crippen LogP contribution < -0.4 is 9.64 Å². The highest BCUT2D eigenvalue weighted by Crippen LogP contribution is 2.50. The summed E-state index contributed by atoms with van der Waals surface area (Å²) in [5.74, 6) is -4.31. The van der Waals surface area contributed by atoms with Crippen LogP contribution in [0.4, 0.5) is 23.2 Å². The molecule has 0 saturated heterocycles. The number of amides is 1. The lowest BCUT2D eigenvalue weighted by atomic mass is 9.77. The number of carboxylic acid groups (broad SMARTS) is 1. The number of aliphatic hydroxyl groups is 1. The minimum Gasteiger partial charge on any atom is -0.482 e. The van der Waals surface area contributed by atoms with Crippen LogP contribution in [-0.4, -0.2) is 41.4 Å². The second-order valence-electron chi connectivity index (χ2n) is 8.81. The van der Waals surface area contributed by atoms with Crippen LogP contribution in [0.1, 0.15) is 41.3 Å². The van der Waals surface area contributed by atoms with E-state index in [0.29, 0.717) is 5.56 Å². The van der Waals surface area contributed by atoms with Crippen LogP contribution in [0.3, 0.4) is 0 Å². The lowest BCUT2D eigenvalue weighted by Gasteiger charge is -2.38. The predicted molar refractivity (Wildman–Crippen MR) is 132 cm³/mol. The molecule has 0 radical (unpaired) electrons. The molecule has 1 aliphatic heterocycles. The van der Waals surface area contributed by atoms with E-state index in [-0.39, 0.29) is 35.7 Å². The van der Waals surface area contributed by atoms with Crippen LogP contribution in [0.5, 0.6) is 5.75 Å². The molecule has 38 heavy (non-hydrogen) atoms. The molecular weight excluding hydrogens is 530 g/mol. The van der Waals surface area contributed by atoms with Gasteiger partial charge in [-0.05, 0) is 41.8 Å². The normalized spacial score (nSPS) is 15.9. The van der Waals surface area contributed by atoms with Gasteiger partial charge in [0.25, 0.3) is 5.91 Å². The molecule has 0 spiro atoms. The number of alkyl halides is 3. The molecule has 11 heteroatoms. The fourth-order valence-corrected chi connectivity index (χ4v) is 4.85. The molecule has 3 aromatic rings. The van der Waals surface area contributed by atoms with Gasteiger partial charge in [0.1, 0.15) is 5.75 Å². The van der Waals surface area contributed by atoms with Crippen LogP contribution in [0.15, 0.2) is 54.6 Å². The molecule has 200 valence electrons. The van der Waals surface area contributed by atoms with E-state index < -0.39 is 51.5 Å². The van der Waals surface area contributed by atoms with Crippen LogP contribution in [0.2, 0.25) is 5.02 Å². The average Bonchev–Trinajstić information content (AvgIpc) is 2.88. The van der Waals surface area contributed by atoms with Crippen molar-refractivity contribution in [3.05, 3.63) is 82.1 Å². The number of anilines is 1. The summed E-state index contributed by atoms with van der Waals surface area (Å²) in [5, 5.41) is 19.8. The summed E-state index contributed by atoms with van der Waals surface area (Å²) in [5.41, 5.74) is -3.68. The predicted octanol–water partition coefficient (Wildman–Crippen LogP) is 6.14. The SMILES string of the molecule is CCN1C(=O)COc2ccc(C(O)(C(C)c3ccc(-c4ccc(C(=O)O)c(F)c4Cl)cc3)C(F)(F)F)cc21. The quantitative estimate of drug-likeness (QED) is 0.359. The number of rotatable bonds is 6. The van der Waals surface area contributed by atoms with Gasteiger partial charge in [0, 0.05) is 18.0 Å². The van der Waals surface area contributed by atoms with Crippen molar-refractivity contribution in [2.45, 2.75) is 31.5 Å². The van der Waals surface area contributed by atoms with E-state index >= 15 is 0 Å². The van der Waals surface area contributed by atoms with Gasteiger partial charge in [0.15, 0.2) is 18.0 Å². The minimum atomic E-state index is -5.10. The standard InChI is InChI=1S/C27H22ClF4NO5/c1-3-33-20-12-17(8-11-21(20)38-13-22(33)34)26(37,27(30,31)32)14(2)15-4-6-16(7-5-15)18-9-10-19(25(35)36)24(29)23(18)28/h4-12,14,37H,3,13H2,1-2H3,(H,35,36). The zero-order valence-electron chi connectivity index (χ0n) is 20.1. The Morgan fingerprint density at radius 3 is 2.37 bits per heavy atom. The molecule has 1 aliphatic rings. The lowest BCUT2D eigenvalue weighted by molar-refractivity contribution is -0.274. The van der Waals surface area contributed by atoms with E-state index in [0.717, 1.165) is 18.2 Å². The Kier molecular flexibility index (Phi) is 7.15. The maximum absolute atomic E-state index is 14.5. The number of fused-ring (bicyclic) bond motifs is 1. The van der Waals surface area contributed by atoms with Crippen molar-refractivity contribution < 1.29 is 42.1 Å². The van der Waals surface area contributed by atoms with Gasteiger partial charge in [0.05, 0.1) is 16.3 Å². The van der Waals surface area contributed by atoms with Gasteiger partial charge in [-0.1, -0.05) is 54.9 Å². The number of hydrogen-bond donors (Lipinski definition) is 2. The minimum absolute atomic E-state index is 0.115. The maximum Gasteiger partial charge on any atom is 0.422 e. The second kappa shape index (κ2) is 9.92. The summed E-state index contributed by atoms with van der Waals surface area (Å²) in [6.07, 6.45) is -5.10. The maximum atomic E-state index is 14.5. The Balaban J connectivity index is 1.74. The molecule has 1 amide bonds. The zero-order valence-corrected chi connectivity index (χ0v) is 20.9. The van der Waals surface area contributed by atoms with Crippen LogP contribution in [0, 0.1) is 5.82 Å². The van der Waals surface area contributed by atoms with Crippen LogP contribution in [0.25, 0.3) is 11.1 Å². The molecule has 0 bridgehead atoms. The number of nitrogens with zero attached hydrogens (tertiary/aromatic N) is 1. The molecule has 1 heterocycles. The molecule has 0 aromatic heterocycles. The first-order valence-electron chi connectivity index (χ1n) is 11.5. The summed E-state index contributed by atoms with van der Waals surface area (Å²) < 4.78 is 63.2. The Labute approximate surface area is 220 Å². The molecule has 4 rings (SSSR count). The number of halogens is 5. The first-order chi connectivity index (χ1) is 17.8. The molecule has 0 aliphatic carbocycles. The average molecular weight is 552 g/mol. The van der Waals surface area contributed by atoms with Gasteiger partial charge < -0.3 is 19.8 Å². The summed E-state index contributed by atoms with van der Waals surface area (Å²) in [4.78, 5) is 24.6. The number of benzene rings is 3. The first-order valence-corrected chi connectivity index (χ1v) is 11.9. The Bertz CT molecular complexity index is 1410. The molecule has 0 fully saturated rings. The summed E-state index contributed by atoms with van der Waals surface area (Å²) in [6, 6.07) is 11.4. The van der Waals surface area contributed by atoms with Crippen molar-refractivity contribution in [2.75, 3.05) is 18.1 Å². The Morgan fingerprint density at radius 2 is 1.79 bits per heavy atom. The fourth-order valence-electron chi connectivity index (χ4n) is 4.58. The topological polar surface area (TPSA) is 87.1 Å². The van der Waals surface area contributed by atoms with E-state index in [2.05, 4.69) is 0 Å². The third kappa shape index (κ3) is 4.48.